The first kappa shape index (κ1) is 16.9. The summed E-state index contributed by atoms with van der Waals surface area (Å²) in [6.07, 6.45) is 3.70. The molecule has 2 rings (SSSR count). The van der Waals surface area contributed by atoms with Crippen LogP contribution < -0.4 is 10.1 Å². The highest BCUT2D eigenvalue weighted by atomic mass is 16.5. The summed E-state index contributed by atoms with van der Waals surface area (Å²) in [4.78, 5) is 18.1. The summed E-state index contributed by atoms with van der Waals surface area (Å²) in [6.45, 7) is 6.34. The lowest BCUT2D eigenvalue weighted by molar-refractivity contribution is 0.196. The number of aromatic nitrogens is 2. The number of methoxy groups -OCH3 is 1. The first-order valence-electron chi connectivity index (χ1n) is 7.83. The molecule has 0 unspecified atom stereocenters. The van der Waals surface area contributed by atoms with E-state index in [9.17, 15) is 4.79 Å². The minimum Gasteiger partial charge on any atom is -0.497 e. The topological polar surface area (TPSA) is 59.4 Å². The van der Waals surface area contributed by atoms with E-state index in [0.717, 1.165) is 17.1 Å². The van der Waals surface area contributed by atoms with Gasteiger partial charge >= 0.3 is 6.03 Å². The quantitative estimate of drug-likeness (QED) is 0.854. The van der Waals surface area contributed by atoms with Crippen LogP contribution in [0.5, 0.6) is 5.75 Å². The Balaban J connectivity index is 2.07. The van der Waals surface area contributed by atoms with Gasteiger partial charge in [-0.2, -0.15) is 0 Å². The van der Waals surface area contributed by atoms with Gasteiger partial charge in [-0.3, -0.25) is 0 Å². The highest BCUT2D eigenvalue weighted by molar-refractivity contribution is 5.73. The van der Waals surface area contributed by atoms with E-state index in [1.807, 2.05) is 44.3 Å². The van der Waals surface area contributed by atoms with Crippen molar-refractivity contribution in [2.45, 2.75) is 26.9 Å². The molecule has 0 spiro atoms. The molecule has 23 heavy (non-hydrogen) atoms. The highest BCUT2D eigenvalue weighted by Gasteiger charge is 2.14. The number of imidazole rings is 1. The molecule has 2 amide bonds. The van der Waals surface area contributed by atoms with Crippen molar-refractivity contribution in [3.8, 4) is 5.75 Å². The SMILES string of the molecule is CCNC(=O)N(CC)Cc1nccn1Cc1ccc(OC)cc1. The summed E-state index contributed by atoms with van der Waals surface area (Å²) in [5.74, 6) is 1.71. The van der Waals surface area contributed by atoms with E-state index in [2.05, 4.69) is 14.9 Å². The Hall–Kier alpha value is -2.50. The van der Waals surface area contributed by atoms with Gasteiger partial charge in [0, 0.05) is 32.0 Å². The largest absolute Gasteiger partial charge is 0.497 e. The Morgan fingerprint density at radius 1 is 1.30 bits per heavy atom. The lowest BCUT2D eigenvalue weighted by Crippen LogP contribution is -2.39. The van der Waals surface area contributed by atoms with Crippen LogP contribution in [0.25, 0.3) is 0 Å². The number of nitrogens with zero attached hydrogens (tertiary/aromatic N) is 3. The second-order valence-electron chi connectivity index (χ2n) is 5.17. The zero-order valence-electron chi connectivity index (χ0n) is 14.0. The Kier molecular flexibility index (Phi) is 6.02. The number of hydrogen-bond donors (Lipinski definition) is 1. The van der Waals surface area contributed by atoms with E-state index in [1.54, 1.807) is 18.2 Å². The third kappa shape index (κ3) is 4.48. The fourth-order valence-corrected chi connectivity index (χ4v) is 2.32. The molecular weight excluding hydrogens is 292 g/mol. The summed E-state index contributed by atoms with van der Waals surface area (Å²) in [7, 11) is 1.66. The number of nitrogens with one attached hydrogen (secondary N) is 1. The molecular formula is C17H24N4O2. The Bertz CT molecular complexity index is 622. The number of amides is 2. The first-order chi connectivity index (χ1) is 11.2. The predicted molar refractivity (Wildman–Crippen MR) is 89.5 cm³/mol. The van der Waals surface area contributed by atoms with E-state index < -0.39 is 0 Å². The maximum absolute atomic E-state index is 12.0. The number of carbonyl (C=O) groups is 1. The standard InChI is InChI=1S/C17H24N4O2/c1-4-18-17(22)20(5-2)13-16-19-10-11-21(16)12-14-6-8-15(23-3)9-7-14/h6-11H,4-5,12-13H2,1-3H3,(H,18,22). The molecule has 0 atom stereocenters. The van der Waals surface area contributed by atoms with Crippen molar-refractivity contribution in [2.24, 2.45) is 0 Å². The van der Waals surface area contributed by atoms with Crippen molar-refractivity contribution >= 4 is 6.03 Å². The molecule has 6 heteroatoms. The van der Waals surface area contributed by atoms with Crippen molar-refractivity contribution in [1.29, 1.82) is 0 Å². The first-order valence-corrected chi connectivity index (χ1v) is 7.83. The van der Waals surface area contributed by atoms with Crippen LogP contribution in [0.3, 0.4) is 0 Å². The van der Waals surface area contributed by atoms with Crippen LogP contribution in [-0.2, 0) is 13.1 Å². The molecule has 0 fully saturated rings. The fourth-order valence-electron chi connectivity index (χ4n) is 2.32. The summed E-state index contributed by atoms with van der Waals surface area (Å²) >= 11 is 0. The number of benzene rings is 1. The van der Waals surface area contributed by atoms with E-state index >= 15 is 0 Å². The van der Waals surface area contributed by atoms with Crippen molar-refractivity contribution in [3.63, 3.8) is 0 Å². The van der Waals surface area contributed by atoms with Gasteiger partial charge in [0.15, 0.2) is 0 Å². The molecule has 124 valence electrons. The van der Waals surface area contributed by atoms with Crippen LogP contribution >= 0.6 is 0 Å². The third-order valence-electron chi connectivity index (χ3n) is 3.64. The van der Waals surface area contributed by atoms with Crippen LogP contribution in [-0.4, -0.2) is 40.7 Å². The predicted octanol–water partition coefficient (Wildman–Crippen LogP) is 2.49. The average molecular weight is 316 g/mol. The summed E-state index contributed by atoms with van der Waals surface area (Å²) in [6, 6.07) is 7.89. The molecule has 0 saturated heterocycles. The molecule has 0 saturated carbocycles. The Labute approximate surface area is 137 Å². The van der Waals surface area contributed by atoms with Gasteiger partial charge in [-0.1, -0.05) is 12.1 Å². The number of hydrogen-bond acceptors (Lipinski definition) is 3. The molecule has 1 heterocycles. The number of urea groups is 1. The molecule has 6 nitrogen and oxygen atoms in total. The van der Waals surface area contributed by atoms with Crippen molar-refractivity contribution in [1.82, 2.24) is 19.8 Å². The smallest absolute Gasteiger partial charge is 0.317 e. The van der Waals surface area contributed by atoms with Gasteiger partial charge < -0.3 is 19.5 Å². The van der Waals surface area contributed by atoms with E-state index in [1.165, 1.54) is 0 Å². The van der Waals surface area contributed by atoms with Crippen LogP contribution in [0.2, 0.25) is 0 Å². The monoisotopic (exact) mass is 316 g/mol. The van der Waals surface area contributed by atoms with E-state index in [0.29, 0.717) is 26.2 Å². The molecule has 2 aromatic rings. The van der Waals surface area contributed by atoms with Crippen molar-refractivity contribution < 1.29 is 9.53 Å². The van der Waals surface area contributed by atoms with E-state index in [-0.39, 0.29) is 6.03 Å². The molecule has 0 radical (unpaired) electrons. The molecule has 0 aliphatic rings. The number of carbonyl (C=O) groups excluding carboxylic acids is 1. The Morgan fingerprint density at radius 2 is 2.04 bits per heavy atom. The van der Waals surface area contributed by atoms with Crippen LogP contribution in [0.15, 0.2) is 36.7 Å². The fraction of sp³-hybridized carbons (Fsp3) is 0.412. The molecule has 1 aromatic carbocycles. The van der Waals surface area contributed by atoms with Gasteiger partial charge in [0.1, 0.15) is 11.6 Å². The minimum atomic E-state index is -0.0611. The van der Waals surface area contributed by atoms with Crippen LogP contribution in [0, 0.1) is 0 Å². The maximum atomic E-state index is 12.0. The Morgan fingerprint density at radius 3 is 2.65 bits per heavy atom. The highest BCUT2D eigenvalue weighted by Crippen LogP contribution is 2.13. The minimum absolute atomic E-state index is 0.0611. The second kappa shape index (κ2) is 8.22. The molecule has 0 bridgehead atoms. The van der Waals surface area contributed by atoms with Gasteiger partial charge in [-0.25, -0.2) is 9.78 Å². The van der Waals surface area contributed by atoms with Crippen LogP contribution in [0.4, 0.5) is 4.79 Å². The van der Waals surface area contributed by atoms with Gasteiger partial charge in [-0.15, -0.1) is 0 Å². The van der Waals surface area contributed by atoms with Crippen molar-refractivity contribution in [3.05, 3.63) is 48.0 Å². The zero-order chi connectivity index (χ0) is 16.7. The molecule has 1 N–H and O–H groups in total. The van der Waals surface area contributed by atoms with Crippen molar-refractivity contribution in [2.75, 3.05) is 20.2 Å². The lowest BCUT2D eigenvalue weighted by atomic mass is 10.2. The van der Waals surface area contributed by atoms with Gasteiger partial charge in [-0.05, 0) is 31.5 Å². The average Bonchev–Trinajstić information content (AvgIpc) is 3.00. The van der Waals surface area contributed by atoms with Gasteiger partial charge in [0.2, 0.25) is 0 Å². The van der Waals surface area contributed by atoms with E-state index in [4.69, 9.17) is 4.74 Å². The zero-order valence-corrected chi connectivity index (χ0v) is 14.0. The van der Waals surface area contributed by atoms with Gasteiger partial charge in [0.05, 0.1) is 13.7 Å². The third-order valence-corrected chi connectivity index (χ3v) is 3.64. The molecule has 0 aliphatic heterocycles. The maximum Gasteiger partial charge on any atom is 0.317 e. The number of ether oxygens (including phenoxy) is 1. The molecule has 1 aromatic heterocycles. The summed E-state index contributed by atoms with van der Waals surface area (Å²) in [5, 5.41) is 2.83. The lowest BCUT2D eigenvalue weighted by Gasteiger charge is -2.21. The number of rotatable bonds is 7. The second-order valence-corrected chi connectivity index (χ2v) is 5.17. The van der Waals surface area contributed by atoms with Crippen LogP contribution in [0.1, 0.15) is 25.2 Å². The molecule has 0 aliphatic carbocycles. The summed E-state index contributed by atoms with van der Waals surface area (Å²) in [5.41, 5.74) is 1.16. The summed E-state index contributed by atoms with van der Waals surface area (Å²) < 4.78 is 7.23. The normalized spacial score (nSPS) is 10.4. The van der Waals surface area contributed by atoms with Gasteiger partial charge in [0.25, 0.3) is 0 Å².